The van der Waals surface area contributed by atoms with Crippen LogP contribution in [0.1, 0.15) is 5.56 Å². The van der Waals surface area contributed by atoms with E-state index in [1.807, 2.05) is 12.1 Å². The SMILES string of the molecule is O=C1COc2cc(O)ccc2N1Cc1ccc(Cl)cc1. The predicted molar refractivity (Wildman–Crippen MR) is 76.2 cm³/mol. The number of carbonyl (C=O) groups excluding carboxylic acids is 1. The lowest BCUT2D eigenvalue weighted by molar-refractivity contribution is -0.121. The van der Waals surface area contributed by atoms with Crippen molar-refractivity contribution in [1.29, 1.82) is 0 Å². The van der Waals surface area contributed by atoms with Gasteiger partial charge in [-0.1, -0.05) is 23.7 Å². The largest absolute Gasteiger partial charge is 0.508 e. The zero-order valence-electron chi connectivity index (χ0n) is 10.5. The molecule has 0 fully saturated rings. The fourth-order valence-corrected chi connectivity index (χ4v) is 2.26. The number of hydrogen-bond acceptors (Lipinski definition) is 3. The number of benzene rings is 2. The lowest BCUT2D eigenvalue weighted by Gasteiger charge is -2.29. The Morgan fingerprint density at radius 2 is 1.95 bits per heavy atom. The molecule has 102 valence electrons. The normalized spacial score (nSPS) is 13.8. The van der Waals surface area contributed by atoms with Crippen molar-refractivity contribution in [3.8, 4) is 11.5 Å². The van der Waals surface area contributed by atoms with E-state index < -0.39 is 0 Å². The number of phenols is 1. The first kappa shape index (κ1) is 12.8. The molecule has 4 nitrogen and oxygen atoms in total. The molecule has 0 radical (unpaired) electrons. The highest BCUT2D eigenvalue weighted by atomic mass is 35.5. The number of ether oxygens (including phenoxy) is 1. The van der Waals surface area contributed by atoms with Gasteiger partial charge in [-0.3, -0.25) is 4.79 Å². The molecule has 0 bridgehead atoms. The van der Waals surface area contributed by atoms with Gasteiger partial charge >= 0.3 is 0 Å². The van der Waals surface area contributed by atoms with E-state index in [2.05, 4.69) is 0 Å². The number of hydrogen-bond donors (Lipinski definition) is 1. The lowest BCUT2D eigenvalue weighted by Crippen LogP contribution is -2.38. The third-order valence-corrected chi connectivity index (χ3v) is 3.39. The number of nitrogens with zero attached hydrogens (tertiary/aromatic N) is 1. The van der Waals surface area contributed by atoms with Crippen LogP contribution in [-0.2, 0) is 11.3 Å². The maximum atomic E-state index is 12.0. The minimum atomic E-state index is -0.113. The van der Waals surface area contributed by atoms with Crippen molar-refractivity contribution < 1.29 is 14.6 Å². The Morgan fingerprint density at radius 1 is 1.20 bits per heavy atom. The van der Waals surface area contributed by atoms with Crippen LogP contribution >= 0.6 is 11.6 Å². The van der Waals surface area contributed by atoms with Gasteiger partial charge in [-0.15, -0.1) is 0 Å². The van der Waals surface area contributed by atoms with Crippen molar-refractivity contribution in [2.24, 2.45) is 0 Å². The summed E-state index contributed by atoms with van der Waals surface area (Å²) >= 11 is 5.85. The number of rotatable bonds is 2. The quantitative estimate of drug-likeness (QED) is 0.925. The number of aromatic hydroxyl groups is 1. The Kier molecular flexibility index (Phi) is 3.24. The molecule has 1 heterocycles. The van der Waals surface area contributed by atoms with Gasteiger partial charge in [-0.05, 0) is 29.8 Å². The molecule has 2 aromatic carbocycles. The van der Waals surface area contributed by atoms with E-state index in [1.54, 1.807) is 23.1 Å². The molecule has 0 atom stereocenters. The fraction of sp³-hybridized carbons (Fsp3) is 0.133. The van der Waals surface area contributed by atoms with Crippen LogP contribution in [0.2, 0.25) is 5.02 Å². The number of phenolic OH excluding ortho intramolecular Hbond substituents is 1. The second-order valence-corrected chi connectivity index (χ2v) is 4.98. The van der Waals surface area contributed by atoms with Crippen LogP contribution in [0, 0.1) is 0 Å². The molecule has 5 heteroatoms. The summed E-state index contributed by atoms with van der Waals surface area (Å²) in [5.74, 6) is 0.515. The second-order valence-electron chi connectivity index (χ2n) is 4.55. The predicted octanol–water partition coefficient (Wildman–Crippen LogP) is 2.97. The molecule has 2 aromatic rings. The monoisotopic (exact) mass is 289 g/mol. The molecular weight excluding hydrogens is 278 g/mol. The summed E-state index contributed by atoms with van der Waals surface area (Å²) in [5.41, 5.74) is 1.64. The number of carbonyl (C=O) groups is 1. The summed E-state index contributed by atoms with van der Waals surface area (Å²) in [6.45, 7) is 0.418. The van der Waals surface area contributed by atoms with Gasteiger partial charge in [0.15, 0.2) is 6.61 Å². The molecule has 0 aliphatic carbocycles. The molecule has 1 aliphatic heterocycles. The van der Waals surface area contributed by atoms with Gasteiger partial charge in [0.1, 0.15) is 11.5 Å². The van der Waals surface area contributed by atoms with Crippen LogP contribution < -0.4 is 9.64 Å². The minimum absolute atomic E-state index is 0.0238. The zero-order chi connectivity index (χ0) is 14.1. The van der Waals surface area contributed by atoms with E-state index in [4.69, 9.17) is 16.3 Å². The zero-order valence-corrected chi connectivity index (χ0v) is 11.3. The number of amides is 1. The van der Waals surface area contributed by atoms with E-state index in [-0.39, 0.29) is 18.3 Å². The Bertz CT molecular complexity index is 655. The molecule has 0 spiro atoms. The van der Waals surface area contributed by atoms with Gasteiger partial charge < -0.3 is 14.7 Å². The average Bonchev–Trinajstić information content (AvgIpc) is 2.44. The standard InChI is InChI=1S/C15H12ClNO3/c16-11-3-1-10(2-4-11)8-17-13-6-5-12(18)7-14(13)20-9-15(17)19/h1-7,18H,8-9H2. The second kappa shape index (κ2) is 5.06. The molecule has 1 amide bonds. The fourth-order valence-electron chi connectivity index (χ4n) is 2.14. The summed E-state index contributed by atoms with van der Waals surface area (Å²) < 4.78 is 5.33. The Balaban J connectivity index is 1.93. The third kappa shape index (κ3) is 2.42. The Labute approximate surface area is 121 Å². The first-order valence-electron chi connectivity index (χ1n) is 6.14. The van der Waals surface area contributed by atoms with Crippen molar-refractivity contribution >= 4 is 23.2 Å². The molecule has 0 saturated carbocycles. The van der Waals surface area contributed by atoms with Crippen molar-refractivity contribution in [3.05, 3.63) is 53.1 Å². The number of fused-ring (bicyclic) bond motifs is 1. The first-order valence-corrected chi connectivity index (χ1v) is 6.52. The lowest BCUT2D eigenvalue weighted by atomic mass is 10.1. The van der Waals surface area contributed by atoms with Crippen LogP contribution in [0.25, 0.3) is 0 Å². The summed E-state index contributed by atoms with van der Waals surface area (Å²) in [6.07, 6.45) is 0. The third-order valence-electron chi connectivity index (χ3n) is 3.14. The van der Waals surface area contributed by atoms with Gasteiger partial charge in [-0.25, -0.2) is 0 Å². The molecule has 1 aliphatic rings. The molecular formula is C15H12ClNO3. The van der Waals surface area contributed by atoms with Crippen LogP contribution in [0.4, 0.5) is 5.69 Å². The van der Waals surface area contributed by atoms with Crippen molar-refractivity contribution in [1.82, 2.24) is 0 Å². The van der Waals surface area contributed by atoms with Crippen LogP contribution in [-0.4, -0.2) is 17.6 Å². The van der Waals surface area contributed by atoms with Crippen molar-refractivity contribution in [2.75, 3.05) is 11.5 Å². The molecule has 0 unspecified atom stereocenters. The summed E-state index contributed by atoms with van der Waals surface area (Å²) in [7, 11) is 0. The number of halogens is 1. The molecule has 0 aromatic heterocycles. The number of anilines is 1. The van der Waals surface area contributed by atoms with Gasteiger partial charge in [0.25, 0.3) is 5.91 Å². The van der Waals surface area contributed by atoms with E-state index in [0.717, 1.165) is 5.56 Å². The van der Waals surface area contributed by atoms with E-state index in [0.29, 0.717) is 23.0 Å². The van der Waals surface area contributed by atoms with Gasteiger partial charge in [0, 0.05) is 11.1 Å². The van der Waals surface area contributed by atoms with Gasteiger partial charge in [0.2, 0.25) is 0 Å². The molecule has 0 saturated heterocycles. The van der Waals surface area contributed by atoms with E-state index in [9.17, 15) is 9.90 Å². The summed E-state index contributed by atoms with van der Waals surface area (Å²) in [5, 5.41) is 10.1. The smallest absolute Gasteiger partial charge is 0.265 e. The summed E-state index contributed by atoms with van der Waals surface area (Å²) in [6, 6.07) is 12.1. The van der Waals surface area contributed by atoms with E-state index >= 15 is 0 Å². The highest BCUT2D eigenvalue weighted by molar-refractivity contribution is 6.30. The van der Waals surface area contributed by atoms with Crippen LogP contribution in [0.5, 0.6) is 11.5 Å². The summed E-state index contributed by atoms with van der Waals surface area (Å²) in [4.78, 5) is 13.7. The first-order chi connectivity index (χ1) is 9.63. The average molecular weight is 290 g/mol. The van der Waals surface area contributed by atoms with Crippen molar-refractivity contribution in [2.45, 2.75) is 6.54 Å². The van der Waals surface area contributed by atoms with E-state index in [1.165, 1.54) is 12.1 Å². The molecule has 1 N–H and O–H groups in total. The van der Waals surface area contributed by atoms with Gasteiger partial charge in [0.05, 0.1) is 12.2 Å². The molecule has 3 rings (SSSR count). The maximum absolute atomic E-state index is 12.0. The van der Waals surface area contributed by atoms with Crippen LogP contribution in [0.15, 0.2) is 42.5 Å². The topological polar surface area (TPSA) is 49.8 Å². The Hall–Kier alpha value is -2.20. The van der Waals surface area contributed by atoms with Gasteiger partial charge in [-0.2, -0.15) is 0 Å². The highest BCUT2D eigenvalue weighted by Crippen LogP contribution is 2.35. The highest BCUT2D eigenvalue weighted by Gasteiger charge is 2.25. The maximum Gasteiger partial charge on any atom is 0.265 e. The minimum Gasteiger partial charge on any atom is -0.508 e. The Morgan fingerprint density at radius 3 is 2.70 bits per heavy atom. The molecule has 20 heavy (non-hydrogen) atoms. The van der Waals surface area contributed by atoms with Crippen LogP contribution in [0.3, 0.4) is 0 Å². The van der Waals surface area contributed by atoms with Crippen molar-refractivity contribution in [3.63, 3.8) is 0 Å².